The Kier molecular flexibility index (Phi) is 7.87. The highest BCUT2D eigenvalue weighted by Crippen LogP contribution is 2.32. The van der Waals surface area contributed by atoms with Crippen molar-refractivity contribution in [2.45, 2.75) is 29.7 Å². The van der Waals surface area contributed by atoms with Gasteiger partial charge in [-0.15, -0.1) is 0 Å². The first-order chi connectivity index (χ1) is 16.3. The number of benzene rings is 2. The second-order valence-corrected chi connectivity index (χ2v) is 12.9. The summed E-state index contributed by atoms with van der Waals surface area (Å²) in [6.07, 6.45) is 1.63. The summed E-state index contributed by atoms with van der Waals surface area (Å²) in [4.78, 5) is 0.282. The lowest BCUT2D eigenvalue weighted by atomic mass is 10.0. The lowest BCUT2D eigenvalue weighted by Crippen LogP contribution is -2.22. The normalized spacial score (nSPS) is 13.3. The molecule has 1 aromatic heterocycles. The molecule has 11 heteroatoms. The Bertz CT molecular complexity index is 1490. The average Bonchev–Trinajstić information content (AvgIpc) is 3.04. The molecular formula is C24H31FN4O4S2. The molecule has 0 aliphatic carbocycles. The number of nitrogens with zero attached hydrogens (tertiary/aromatic N) is 3. The van der Waals surface area contributed by atoms with Gasteiger partial charge in [0.1, 0.15) is 5.83 Å². The fraction of sp³-hybridized carbons (Fsp3) is 0.333. The molecule has 0 saturated carbocycles. The largest absolute Gasteiger partial charge is 0.338 e. The van der Waals surface area contributed by atoms with Gasteiger partial charge in [0.2, 0.25) is 20.0 Å². The predicted molar refractivity (Wildman–Crippen MR) is 136 cm³/mol. The molecule has 0 amide bonds. The third-order valence-corrected chi connectivity index (χ3v) is 9.53. The minimum absolute atomic E-state index is 0.0473. The van der Waals surface area contributed by atoms with E-state index in [1.807, 2.05) is 13.0 Å². The van der Waals surface area contributed by atoms with Crippen LogP contribution >= 0.6 is 0 Å². The molecule has 190 valence electrons. The lowest BCUT2D eigenvalue weighted by Gasteiger charge is -2.13. The molecule has 2 aromatic carbocycles. The van der Waals surface area contributed by atoms with Crippen LogP contribution in [0.3, 0.4) is 0 Å². The first kappa shape index (κ1) is 27.0. The van der Waals surface area contributed by atoms with E-state index in [0.717, 1.165) is 25.4 Å². The molecule has 0 fully saturated rings. The highest BCUT2D eigenvalue weighted by atomic mass is 32.2. The van der Waals surface area contributed by atoms with Crippen molar-refractivity contribution in [2.24, 2.45) is 5.73 Å². The topological polar surface area (TPSA) is 106 Å². The smallest absolute Gasteiger partial charge is 0.242 e. The third kappa shape index (κ3) is 5.34. The summed E-state index contributed by atoms with van der Waals surface area (Å²) in [6.45, 7) is 1.86. The molecule has 1 heterocycles. The minimum Gasteiger partial charge on any atom is -0.338 e. The summed E-state index contributed by atoms with van der Waals surface area (Å²) in [5, 5.41) is 0.659. The van der Waals surface area contributed by atoms with Gasteiger partial charge in [0.15, 0.2) is 0 Å². The first-order valence-electron chi connectivity index (χ1n) is 10.9. The zero-order valence-corrected chi connectivity index (χ0v) is 22.1. The van der Waals surface area contributed by atoms with Crippen LogP contribution in [0.15, 0.2) is 64.2 Å². The van der Waals surface area contributed by atoms with Crippen molar-refractivity contribution in [3.8, 4) is 0 Å². The number of nitrogens with two attached hydrogens (primary N) is 1. The van der Waals surface area contributed by atoms with Gasteiger partial charge in [0, 0.05) is 51.3 Å². The van der Waals surface area contributed by atoms with Gasteiger partial charge in [-0.05, 0) is 60.9 Å². The molecule has 3 rings (SSSR count). The summed E-state index contributed by atoms with van der Waals surface area (Å²) >= 11 is 0. The van der Waals surface area contributed by atoms with Crippen LogP contribution in [0.4, 0.5) is 4.39 Å². The van der Waals surface area contributed by atoms with E-state index >= 15 is 0 Å². The Labute approximate surface area is 206 Å². The first-order valence-corrected chi connectivity index (χ1v) is 13.8. The summed E-state index contributed by atoms with van der Waals surface area (Å²) < 4.78 is 69.3. The molecule has 3 aromatic rings. The lowest BCUT2D eigenvalue weighted by molar-refractivity contribution is 0.519. The SMILES string of the molecule is Cc1c(Cc2cccc(S(=O)(=O)N(C)C)c2)c2cc(S(=O)(=O)N(C)C)ccc2n1C/C(F)=C/CN. The molecule has 0 unspecified atom stereocenters. The van der Waals surface area contributed by atoms with Crippen molar-refractivity contribution in [2.75, 3.05) is 34.7 Å². The Hall–Kier alpha value is -2.57. The molecule has 0 atom stereocenters. The zero-order valence-electron chi connectivity index (χ0n) is 20.5. The third-order valence-electron chi connectivity index (χ3n) is 5.91. The predicted octanol–water partition coefficient (Wildman–Crippen LogP) is 2.85. The second kappa shape index (κ2) is 10.2. The molecule has 0 saturated heterocycles. The quantitative estimate of drug-likeness (QED) is 0.465. The Morgan fingerprint density at radius 2 is 1.57 bits per heavy atom. The summed E-state index contributed by atoms with van der Waals surface area (Å²) in [5.74, 6) is -0.400. The number of hydrogen-bond donors (Lipinski definition) is 1. The molecule has 2 N–H and O–H groups in total. The Morgan fingerprint density at radius 3 is 2.14 bits per heavy atom. The summed E-state index contributed by atoms with van der Waals surface area (Å²) in [5.41, 5.74) is 8.40. The monoisotopic (exact) mass is 522 g/mol. The maximum atomic E-state index is 14.5. The summed E-state index contributed by atoms with van der Waals surface area (Å²) in [6, 6.07) is 11.4. The molecule has 0 spiro atoms. The average molecular weight is 523 g/mol. The van der Waals surface area contributed by atoms with E-state index in [1.54, 1.807) is 28.8 Å². The van der Waals surface area contributed by atoms with Crippen LogP contribution in [0.5, 0.6) is 0 Å². The minimum atomic E-state index is -3.69. The van der Waals surface area contributed by atoms with Gasteiger partial charge in [-0.25, -0.2) is 29.8 Å². The maximum absolute atomic E-state index is 14.5. The van der Waals surface area contributed by atoms with Crippen LogP contribution in [0, 0.1) is 6.92 Å². The van der Waals surface area contributed by atoms with E-state index < -0.39 is 25.9 Å². The molecule has 0 aliphatic heterocycles. The fourth-order valence-electron chi connectivity index (χ4n) is 3.90. The molecule has 0 aliphatic rings. The van der Waals surface area contributed by atoms with Crippen LogP contribution in [0.1, 0.15) is 16.8 Å². The van der Waals surface area contributed by atoms with Crippen LogP contribution in [-0.4, -0.2) is 64.7 Å². The maximum Gasteiger partial charge on any atom is 0.242 e. The molecule has 0 bridgehead atoms. The number of halogens is 1. The van der Waals surface area contributed by atoms with Gasteiger partial charge in [0.25, 0.3) is 0 Å². The number of fused-ring (bicyclic) bond motifs is 1. The van der Waals surface area contributed by atoms with Crippen LogP contribution in [-0.2, 0) is 33.0 Å². The van der Waals surface area contributed by atoms with E-state index in [-0.39, 0.29) is 22.9 Å². The molecular weight excluding hydrogens is 491 g/mol. The van der Waals surface area contributed by atoms with Crippen molar-refractivity contribution in [3.05, 3.63) is 71.2 Å². The standard InChI is InChI=1S/C24H31FN4O4S2/c1-17-22(14-18-7-6-8-20(13-18)34(30,31)27(2)3)23-15-21(35(32,33)28(4)5)9-10-24(23)29(17)16-19(25)11-12-26/h6-11,13,15H,12,14,16,26H2,1-5H3/b19-11-. The second-order valence-electron chi connectivity index (χ2n) is 8.61. The highest BCUT2D eigenvalue weighted by Gasteiger charge is 2.22. The fourth-order valence-corrected chi connectivity index (χ4v) is 5.80. The number of aromatic nitrogens is 1. The van der Waals surface area contributed by atoms with Crippen molar-refractivity contribution < 1.29 is 21.2 Å². The molecule has 8 nitrogen and oxygen atoms in total. The van der Waals surface area contributed by atoms with E-state index in [4.69, 9.17) is 5.73 Å². The molecule has 35 heavy (non-hydrogen) atoms. The number of sulfonamides is 2. The molecule has 0 radical (unpaired) electrons. The van der Waals surface area contributed by atoms with Gasteiger partial charge in [-0.2, -0.15) is 0 Å². The van der Waals surface area contributed by atoms with Crippen LogP contribution in [0.25, 0.3) is 10.9 Å². The van der Waals surface area contributed by atoms with Gasteiger partial charge in [-0.3, -0.25) is 0 Å². The van der Waals surface area contributed by atoms with Crippen molar-refractivity contribution in [3.63, 3.8) is 0 Å². The van der Waals surface area contributed by atoms with Crippen LogP contribution in [0.2, 0.25) is 0 Å². The number of allylic oxidation sites excluding steroid dienone is 1. The van der Waals surface area contributed by atoms with E-state index in [2.05, 4.69) is 0 Å². The van der Waals surface area contributed by atoms with Gasteiger partial charge < -0.3 is 10.3 Å². The van der Waals surface area contributed by atoms with E-state index in [9.17, 15) is 21.2 Å². The van der Waals surface area contributed by atoms with Gasteiger partial charge >= 0.3 is 0 Å². The van der Waals surface area contributed by atoms with Crippen LogP contribution < -0.4 is 5.73 Å². The number of hydrogen-bond acceptors (Lipinski definition) is 5. The van der Waals surface area contributed by atoms with Crippen molar-refractivity contribution in [1.82, 2.24) is 13.2 Å². The Balaban J connectivity index is 2.22. The zero-order chi connectivity index (χ0) is 26.1. The van der Waals surface area contributed by atoms with E-state index in [0.29, 0.717) is 17.3 Å². The van der Waals surface area contributed by atoms with Crippen molar-refractivity contribution >= 4 is 30.9 Å². The van der Waals surface area contributed by atoms with Gasteiger partial charge in [-0.1, -0.05) is 12.1 Å². The summed E-state index contributed by atoms with van der Waals surface area (Å²) in [7, 11) is -1.46. The highest BCUT2D eigenvalue weighted by molar-refractivity contribution is 7.89. The van der Waals surface area contributed by atoms with E-state index in [1.165, 1.54) is 46.4 Å². The van der Waals surface area contributed by atoms with Gasteiger partial charge in [0.05, 0.1) is 16.3 Å². The Morgan fingerprint density at radius 1 is 0.971 bits per heavy atom. The number of rotatable bonds is 9. The van der Waals surface area contributed by atoms with Crippen molar-refractivity contribution in [1.29, 1.82) is 0 Å².